The Kier molecular flexibility index (Phi) is 4.48. The Bertz CT molecular complexity index is 899. The molecule has 26 heavy (non-hydrogen) atoms. The highest BCUT2D eigenvalue weighted by atomic mass is 79.9. The van der Waals surface area contributed by atoms with Gasteiger partial charge in [0.15, 0.2) is 0 Å². The van der Waals surface area contributed by atoms with Crippen LogP contribution in [0.25, 0.3) is 6.08 Å². The lowest BCUT2D eigenvalue weighted by atomic mass is 9.65. The Labute approximate surface area is 169 Å². The number of anilines is 1. The van der Waals surface area contributed by atoms with E-state index in [0.717, 1.165) is 27.5 Å². The van der Waals surface area contributed by atoms with Crippen LogP contribution in [0.1, 0.15) is 36.8 Å². The Morgan fingerprint density at radius 2 is 1.77 bits per heavy atom. The first-order valence-corrected chi connectivity index (χ1v) is 10.3. The molecule has 5 heteroatoms. The number of carbonyl (C=O) groups is 1. The largest absolute Gasteiger partial charge is 0.480 e. The average Bonchev–Trinajstić information content (AvgIpc) is 2.97. The minimum Gasteiger partial charge on any atom is -0.480 e. The summed E-state index contributed by atoms with van der Waals surface area (Å²) in [5, 5.41) is 13.3. The summed E-state index contributed by atoms with van der Waals surface area (Å²) in [6, 6.07) is 14.0. The van der Waals surface area contributed by atoms with Crippen LogP contribution in [0.15, 0.2) is 57.5 Å². The van der Waals surface area contributed by atoms with Crippen molar-refractivity contribution in [2.75, 3.05) is 5.32 Å². The summed E-state index contributed by atoms with van der Waals surface area (Å²) in [5.74, 6) is -0.774. The molecule has 2 aromatic carbocycles. The van der Waals surface area contributed by atoms with Gasteiger partial charge in [-0.25, -0.2) is 4.79 Å². The van der Waals surface area contributed by atoms with Gasteiger partial charge in [0.2, 0.25) is 0 Å². The second-order valence-electron chi connectivity index (χ2n) is 7.21. The summed E-state index contributed by atoms with van der Waals surface area (Å²) in [7, 11) is 0. The number of fused-ring (bicyclic) bond motifs is 2. The number of halogens is 2. The first kappa shape index (κ1) is 17.8. The normalized spacial score (nSPS) is 26.7. The molecule has 0 unspecified atom stereocenters. The van der Waals surface area contributed by atoms with E-state index in [0.29, 0.717) is 12.8 Å². The SMILES string of the molecule is O=C(O)C1(Nc2cccc(Br)c2)CCC2(C=Cc3c(Br)cccc32)CC1. The molecule has 0 amide bonds. The molecule has 134 valence electrons. The molecule has 0 heterocycles. The maximum atomic E-state index is 12.2. The Hall–Kier alpha value is -1.59. The number of nitrogens with one attached hydrogen (secondary N) is 1. The molecular weight excluding hydrogens is 458 g/mol. The van der Waals surface area contributed by atoms with Crippen LogP contribution < -0.4 is 5.32 Å². The second-order valence-corrected chi connectivity index (χ2v) is 8.98. The monoisotopic (exact) mass is 475 g/mol. The quantitative estimate of drug-likeness (QED) is 0.572. The summed E-state index contributed by atoms with van der Waals surface area (Å²) in [5.41, 5.74) is 2.41. The van der Waals surface area contributed by atoms with Gasteiger partial charge in [-0.3, -0.25) is 0 Å². The van der Waals surface area contributed by atoms with Gasteiger partial charge in [0.25, 0.3) is 0 Å². The highest BCUT2D eigenvalue weighted by Crippen LogP contribution is 2.50. The molecule has 1 spiro atoms. The van der Waals surface area contributed by atoms with E-state index in [2.05, 4.69) is 67.5 Å². The molecule has 0 aliphatic heterocycles. The number of rotatable bonds is 3. The number of benzene rings is 2. The summed E-state index contributed by atoms with van der Waals surface area (Å²) >= 11 is 7.09. The number of aliphatic carboxylic acids is 1. The van der Waals surface area contributed by atoms with Crippen LogP contribution in [0.5, 0.6) is 0 Å². The molecule has 3 nitrogen and oxygen atoms in total. The van der Waals surface area contributed by atoms with Crippen LogP contribution in [0.2, 0.25) is 0 Å². The number of carboxylic acids is 1. The maximum Gasteiger partial charge on any atom is 0.329 e. The van der Waals surface area contributed by atoms with Crippen molar-refractivity contribution < 1.29 is 9.90 Å². The van der Waals surface area contributed by atoms with Gasteiger partial charge in [-0.15, -0.1) is 0 Å². The van der Waals surface area contributed by atoms with Gasteiger partial charge < -0.3 is 10.4 Å². The average molecular weight is 477 g/mol. The number of carboxylic acid groups (broad SMARTS) is 1. The zero-order chi connectivity index (χ0) is 18.4. The summed E-state index contributed by atoms with van der Waals surface area (Å²) in [6.45, 7) is 0. The molecule has 0 bridgehead atoms. The van der Waals surface area contributed by atoms with Crippen molar-refractivity contribution in [1.29, 1.82) is 0 Å². The minimum atomic E-state index is -0.922. The lowest BCUT2D eigenvalue weighted by Gasteiger charge is -2.43. The summed E-state index contributed by atoms with van der Waals surface area (Å²) < 4.78 is 2.04. The van der Waals surface area contributed by atoms with Crippen molar-refractivity contribution in [3.05, 3.63) is 68.6 Å². The van der Waals surface area contributed by atoms with E-state index in [9.17, 15) is 9.90 Å². The predicted octanol–water partition coefficient (Wildman–Crippen LogP) is 5.99. The molecule has 2 aliphatic rings. The molecule has 2 N–H and O–H groups in total. The Morgan fingerprint density at radius 1 is 1.04 bits per heavy atom. The van der Waals surface area contributed by atoms with Gasteiger partial charge in [-0.1, -0.05) is 62.2 Å². The van der Waals surface area contributed by atoms with Crippen molar-refractivity contribution in [2.45, 2.75) is 36.6 Å². The van der Waals surface area contributed by atoms with Gasteiger partial charge in [-0.2, -0.15) is 0 Å². The molecule has 0 saturated heterocycles. The highest BCUT2D eigenvalue weighted by Gasteiger charge is 2.48. The fourth-order valence-corrected chi connectivity index (χ4v) is 5.16. The highest BCUT2D eigenvalue weighted by molar-refractivity contribution is 9.10. The van der Waals surface area contributed by atoms with Crippen LogP contribution in [0.3, 0.4) is 0 Å². The van der Waals surface area contributed by atoms with Gasteiger partial charge in [-0.05, 0) is 61.1 Å². The van der Waals surface area contributed by atoms with Crippen molar-refractivity contribution in [2.24, 2.45) is 0 Å². The summed E-state index contributed by atoms with van der Waals surface area (Å²) in [6.07, 6.45) is 7.26. The predicted molar refractivity (Wildman–Crippen MR) is 111 cm³/mol. The third kappa shape index (κ3) is 2.91. The van der Waals surface area contributed by atoms with Gasteiger partial charge >= 0.3 is 5.97 Å². The first-order valence-electron chi connectivity index (χ1n) is 8.70. The van der Waals surface area contributed by atoms with Crippen LogP contribution >= 0.6 is 31.9 Å². The van der Waals surface area contributed by atoms with Gasteiger partial charge in [0.05, 0.1) is 0 Å². The van der Waals surface area contributed by atoms with Crippen LogP contribution in [0.4, 0.5) is 5.69 Å². The fraction of sp³-hybridized carbons (Fsp3) is 0.286. The molecule has 1 fully saturated rings. The van der Waals surface area contributed by atoms with E-state index >= 15 is 0 Å². The third-order valence-electron chi connectivity index (χ3n) is 5.77. The minimum absolute atomic E-state index is 0.0446. The zero-order valence-corrected chi connectivity index (χ0v) is 17.3. The zero-order valence-electron chi connectivity index (χ0n) is 14.1. The Morgan fingerprint density at radius 3 is 2.46 bits per heavy atom. The smallest absolute Gasteiger partial charge is 0.329 e. The molecule has 0 aromatic heterocycles. The van der Waals surface area contributed by atoms with E-state index in [-0.39, 0.29) is 5.41 Å². The second kappa shape index (κ2) is 6.54. The van der Waals surface area contributed by atoms with E-state index in [1.165, 1.54) is 11.1 Å². The standard InChI is InChI=1S/C21H19Br2NO2/c22-14-3-1-4-15(13-14)24-21(19(25)26)11-9-20(10-12-21)8-7-16-17(20)5-2-6-18(16)23/h1-8,13,24H,9-12H2,(H,25,26). The third-order valence-corrected chi connectivity index (χ3v) is 6.96. The van der Waals surface area contributed by atoms with E-state index in [1.807, 2.05) is 24.3 Å². The number of hydrogen-bond acceptors (Lipinski definition) is 2. The van der Waals surface area contributed by atoms with E-state index < -0.39 is 11.5 Å². The molecule has 4 rings (SSSR count). The van der Waals surface area contributed by atoms with Crippen LogP contribution in [-0.4, -0.2) is 16.6 Å². The van der Waals surface area contributed by atoms with Gasteiger partial charge in [0.1, 0.15) is 5.54 Å². The molecule has 0 radical (unpaired) electrons. The molecule has 0 atom stereocenters. The molecule has 1 saturated carbocycles. The number of allylic oxidation sites excluding steroid dienone is 1. The first-order chi connectivity index (χ1) is 12.4. The van der Waals surface area contributed by atoms with Crippen LogP contribution in [0, 0.1) is 0 Å². The van der Waals surface area contributed by atoms with Crippen molar-refractivity contribution in [1.82, 2.24) is 0 Å². The van der Waals surface area contributed by atoms with Crippen molar-refractivity contribution >= 4 is 49.6 Å². The lowest BCUT2D eigenvalue weighted by Crippen LogP contribution is -2.51. The van der Waals surface area contributed by atoms with Gasteiger partial charge in [0, 0.05) is 20.0 Å². The topological polar surface area (TPSA) is 49.3 Å². The fourth-order valence-electron chi connectivity index (χ4n) is 4.27. The molecule has 2 aliphatic carbocycles. The maximum absolute atomic E-state index is 12.2. The molecular formula is C21H19Br2NO2. The van der Waals surface area contributed by atoms with Crippen molar-refractivity contribution in [3.8, 4) is 0 Å². The Balaban J connectivity index is 1.61. The van der Waals surface area contributed by atoms with Crippen LogP contribution in [-0.2, 0) is 10.2 Å². The lowest BCUT2D eigenvalue weighted by molar-refractivity contribution is -0.143. The number of hydrogen-bond donors (Lipinski definition) is 2. The molecule has 2 aromatic rings. The van der Waals surface area contributed by atoms with Crippen molar-refractivity contribution in [3.63, 3.8) is 0 Å². The van der Waals surface area contributed by atoms with E-state index in [4.69, 9.17) is 0 Å². The van der Waals surface area contributed by atoms with E-state index in [1.54, 1.807) is 0 Å². The summed E-state index contributed by atoms with van der Waals surface area (Å²) in [4.78, 5) is 12.2.